The summed E-state index contributed by atoms with van der Waals surface area (Å²) < 4.78 is 32.2. The van der Waals surface area contributed by atoms with Crippen LogP contribution in [0.25, 0.3) is 0 Å². The van der Waals surface area contributed by atoms with Gasteiger partial charge in [0.1, 0.15) is 24.4 Å². The number of aliphatic hydroxyl groups is 1. The Morgan fingerprint density at radius 1 is 1.24 bits per heavy atom. The molecule has 2 aliphatic heterocycles. The van der Waals surface area contributed by atoms with Crippen LogP contribution in [0.1, 0.15) is 18.5 Å². The van der Waals surface area contributed by atoms with Gasteiger partial charge in [-0.25, -0.2) is 9.18 Å². The van der Waals surface area contributed by atoms with E-state index < -0.39 is 12.2 Å². The summed E-state index contributed by atoms with van der Waals surface area (Å²) in [5.74, 6) is 0.336. The van der Waals surface area contributed by atoms with Crippen molar-refractivity contribution in [3.05, 3.63) is 48.2 Å². The van der Waals surface area contributed by atoms with Gasteiger partial charge in [-0.2, -0.15) is 0 Å². The molecular weight excluding hydrogens is 447 g/mol. The number of carbonyl (C=O) groups is 1. The number of anilines is 2. The van der Waals surface area contributed by atoms with E-state index in [1.54, 1.807) is 29.1 Å². The number of ether oxygens (including phenoxy) is 2. The molecule has 2 fully saturated rings. The van der Waals surface area contributed by atoms with E-state index >= 15 is 4.39 Å². The van der Waals surface area contributed by atoms with Gasteiger partial charge in [-0.3, -0.25) is 9.58 Å². The fourth-order valence-corrected chi connectivity index (χ4v) is 4.31. The molecule has 1 aromatic carbocycles. The van der Waals surface area contributed by atoms with Crippen LogP contribution >= 0.6 is 0 Å². The Kier molecular flexibility index (Phi) is 6.30. The molecule has 2 aliphatic rings. The maximum absolute atomic E-state index is 15.0. The lowest BCUT2D eigenvalue weighted by molar-refractivity contribution is 0.102. The molecule has 0 aliphatic carbocycles. The van der Waals surface area contributed by atoms with Crippen LogP contribution in [-0.4, -0.2) is 63.7 Å². The zero-order chi connectivity index (χ0) is 23.5. The molecule has 2 aromatic heterocycles. The molecule has 11 nitrogen and oxygen atoms in total. The maximum atomic E-state index is 15.0. The van der Waals surface area contributed by atoms with Crippen LogP contribution in [0.5, 0.6) is 5.88 Å². The molecule has 1 atom stereocenters. The molecule has 0 unspecified atom stereocenters. The van der Waals surface area contributed by atoms with Crippen molar-refractivity contribution in [2.24, 2.45) is 5.92 Å². The summed E-state index contributed by atoms with van der Waals surface area (Å²) in [5.41, 5.74) is 1.51. The minimum Gasteiger partial charge on any atom is -0.471 e. The molecule has 34 heavy (non-hydrogen) atoms. The van der Waals surface area contributed by atoms with Crippen LogP contribution in [0.3, 0.4) is 0 Å². The van der Waals surface area contributed by atoms with Crippen molar-refractivity contribution in [1.82, 2.24) is 20.2 Å². The van der Waals surface area contributed by atoms with Crippen molar-refractivity contribution >= 4 is 17.5 Å². The van der Waals surface area contributed by atoms with Crippen molar-refractivity contribution in [1.29, 1.82) is 0 Å². The molecule has 180 valence electrons. The third-order valence-electron chi connectivity index (χ3n) is 6.10. The Bertz CT molecular complexity index is 1110. The number of aromatic nitrogens is 4. The molecule has 3 aromatic rings. The maximum Gasteiger partial charge on any atom is 0.414 e. The second-order valence-electron chi connectivity index (χ2n) is 8.42. The summed E-state index contributed by atoms with van der Waals surface area (Å²) in [6, 6.07) is 6.38. The number of nitrogens with zero attached hydrogens (tertiary/aromatic N) is 6. The van der Waals surface area contributed by atoms with E-state index in [4.69, 9.17) is 19.1 Å². The highest BCUT2D eigenvalue weighted by Gasteiger charge is 2.33. The van der Waals surface area contributed by atoms with Crippen LogP contribution < -0.4 is 14.5 Å². The molecule has 0 bridgehead atoms. The average molecular weight is 472 g/mol. The van der Waals surface area contributed by atoms with Gasteiger partial charge in [0, 0.05) is 25.7 Å². The van der Waals surface area contributed by atoms with E-state index in [1.807, 2.05) is 4.90 Å². The summed E-state index contributed by atoms with van der Waals surface area (Å²) >= 11 is 0. The van der Waals surface area contributed by atoms with Gasteiger partial charge >= 0.3 is 6.09 Å². The summed E-state index contributed by atoms with van der Waals surface area (Å²) in [7, 11) is 0. The molecule has 12 heteroatoms. The summed E-state index contributed by atoms with van der Waals surface area (Å²) in [4.78, 5) is 15.7. The quantitative estimate of drug-likeness (QED) is 0.526. The van der Waals surface area contributed by atoms with Crippen LogP contribution in [0.2, 0.25) is 0 Å². The predicted molar refractivity (Wildman–Crippen MR) is 117 cm³/mol. The second kappa shape index (κ2) is 9.67. The summed E-state index contributed by atoms with van der Waals surface area (Å²) in [6.07, 6.45) is 3.88. The number of aliphatic hydroxyl groups excluding tert-OH is 1. The smallest absolute Gasteiger partial charge is 0.414 e. The van der Waals surface area contributed by atoms with E-state index in [9.17, 15) is 4.79 Å². The Balaban J connectivity index is 1.16. The fourth-order valence-electron chi connectivity index (χ4n) is 4.31. The van der Waals surface area contributed by atoms with E-state index in [0.29, 0.717) is 28.9 Å². The molecular formula is C22H25FN6O5. The Labute approximate surface area is 194 Å². The van der Waals surface area contributed by atoms with Crippen molar-refractivity contribution in [2.75, 3.05) is 36.0 Å². The Hall–Kier alpha value is -3.67. The number of piperidine rings is 1. The Morgan fingerprint density at radius 2 is 2.09 bits per heavy atom. The van der Waals surface area contributed by atoms with Gasteiger partial charge in [-0.05, 0) is 42.1 Å². The number of carbonyl (C=O) groups excluding carboxylic acids is 1. The molecule has 0 radical (unpaired) electrons. The second-order valence-corrected chi connectivity index (χ2v) is 8.42. The van der Waals surface area contributed by atoms with E-state index in [-0.39, 0.29) is 25.6 Å². The fraction of sp³-hybridized carbons (Fsp3) is 0.455. The predicted octanol–water partition coefficient (Wildman–Crippen LogP) is 2.22. The standard InChI is InChI=1S/C22H25FN6O5/c23-19-9-17(29-12-18(34-22(29)31)14-32-21-5-8-33-25-21)1-2-20(19)27-6-3-15(4-7-27)10-28-11-16(13-30)24-26-28/h1-2,5,8-9,11,15,18,30H,3-4,6-7,10,12-14H2/t18-/m1/s1. The normalized spacial score (nSPS) is 19.0. The average Bonchev–Trinajstić information content (AvgIpc) is 3.60. The SMILES string of the molecule is O=C1O[C@@H](COc2ccon2)CN1c1ccc(N2CCC(Cn3cc(CO)nn3)CC2)c(F)c1. The van der Waals surface area contributed by atoms with Gasteiger partial charge < -0.3 is 24.0 Å². The highest BCUT2D eigenvalue weighted by molar-refractivity contribution is 5.90. The van der Waals surface area contributed by atoms with Crippen LogP contribution in [0.4, 0.5) is 20.6 Å². The highest BCUT2D eigenvalue weighted by Crippen LogP contribution is 2.31. The van der Waals surface area contributed by atoms with Gasteiger partial charge in [0.2, 0.25) is 0 Å². The zero-order valence-corrected chi connectivity index (χ0v) is 18.4. The van der Waals surface area contributed by atoms with Crippen molar-refractivity contribution < 1.29 is 28.3 Å². The third kappa shape index (κ3) is 4.81. The number of halogens is 1. The van der Waals surface area contributed by atoms with E-state index in [2.05, 4.69) is 15.5 Å². The minimum atomic E-state index is -0.542. The van der Waals surface area contributed by atoms with Crippen molar-refractivity contribution in [2.45, 2.75) is 32.1 Å². The third-order valence-corrected chi connectivity index (χ3v) is 6.10. The Morgan fingerprint density at radius 3 is 2.79 bits per heavy atom. The molecule has 1 N–H and O–H groups in total. The topological polar surface area (TPSA) is 119 Å². The van der Waals surface area contributed by atoms with Gasteiger partial charge in [0.25, 0.3) is 5.88 Å². The zero-order valence-electron chi connectivity index (χ0n) is 18.4. The number of cyclic esters (lactones) is 1. The van der Waals surface area contributed by atoms with Gasteiger partial charge in [-0.1, -0.05) is 5.21 Å². The van der Waals surface area contributed by atoms with Gasteiger partial charge in [0.15, 0.2) is 6.10 Å². The first-order valence-electron chi connectivity index (χ1n) is 11.1. The molecule has 0 saturated carbocycles. The van der Waals surface area contributed by atoms with Crippen molar-refractivity contribution in [3.8, 4) is 5.88 Å². The highest BCUT2D eigenvalue weighted by atomic mass is 19.1. The van der Waals surface area contributed by atoms with E-state index in [1.165, 1.54) is 17.2 Å². The minimum absolute atomic E-state index is 0.125. The lowest BCUT2D eigenvalue weighted by Crippen LogP contribution is -2.35. The molecule has 2 saturated heterocycles. The molecule has 0 spiro atoms. The van der Waals surface area contributed by atoms with Crippen LogP contribution in [0, 0.1) is 11.7 Å². The molecule has 4 heterocycles. The monoisotopic (exact) mass is 472 g/mol. The number of rotatable bonds is 8. The lowest BCUT2D eigenvalue weighted by atomic mass is 9.96. The first-order valence-corrected chi connectivity index (χ1v) is 11.1. The number of benzene rings is 1. The largest absolute Gasteiger partial charge is 0.471 e. The first-order chi connectivity index (χ1) is 16.6. The van der Waals surface area contributed by atoms with Crippen molar-refractivity contribution in [3.63, 3.8) is 0 Å². The first kappa shape index (κ1) is 22.1. The van der Waals surface area contributed by atoms with E-state index in [0.717, 1.165) is 32.5 Å². The van der Waals surface area contributed by atoms with Crippen LogP contribution in [-0.2, 0) is 17.9 Å². The molecule has 5 rings (SSSR count). The number of hydrogen-bond acceptors (Lipinski definition) is 9. The number of hydrogen-bond donors (Lipinski definition) is 1. The lowest BCUT2D eigenvalue weighted by Gasteiger charge is -2.34. The van der Waals surface area contributed by atoms with Gasteiger partial charge in [0.05, 0.1) is 30.7 Å². The number of amides is 1. The summed E-state index contributed by atoms with van der Waals surface area (Å²) in [6.45, 7) is 2.41. The summed E-state index contributed by atoms with van der Waals surface area (Å²) in [5, 5.41) is 20.7. The van der Waals surface area contributed by atoms with Gasteiger partial charge in [-0.15, -0.1) is 5.10 Å². The van der Waals surface area contributed by atoms with Crippen LogP contribution in [0.15, 0.2) is 41.2 Å². The molecule has 1 amide bonds.